The summed E-state index contributed by atoms with van der Waals surface area (Å²) in [6.07, 6.45) is 0.991. The van der Waals surface area contributed by atoms with Crippen molar-refractivity contribution in [3.05, 3.63) is 60.2 Å². The molecule has 2 aromatic rings. The molecular weight excluding hydrogens is 260 g/mol. The van der Waals surface area contributed by atoms with Gasteiger partial charge in [-0.05, 0) is 61.2 Å². The zero-order valence-corrected chi connectivity index (χ0v) is 12.5. The highest BCUT2D eigenvalue weighted by Gasteiger charge is 2.14. The molecule has 0 saturated heterocycles. The highest BCUT2D eigenvalue weighted by atomic mass is 16.5. The van der Waals surface area contributed by atoms with E-state index >= 15 is 0 Å². The average Bonchev–Trinajstić information content (AvgIpc) is 2.51. The number of benzene rings is 2. The Morgan fingerprint density at radius 3 is 2.00 bits per heavy atom. The molecule has 1 unspecified atom stereocenters. The lowest BCUT2D eigenvalue weighted by atomic mass is 9.88. The number of ether oxygens (including phenoxy) is 1. The second-order valence-electron chi connectivity index (χ2n) is 5.47. The number of para-hydroxylation sites is 1. The van der Waals surface area contributed by atoms with Crippen LogP contribution in [0.4, 0.5) is 0 Å². The third-order valence-electron chi connectivity index (χ3n) is 3.87. The van der Waals surface area contributed by atoms with Crippen LogP contribution < -0.4 is 16.2 Å². The van der Waals surface area contributed by atoms with Crippen molar-refractivity contribution in [3.8, 4) is 11.5 Å². The topological polar surface area (TPSA) is 61.3 Å². The van der Waals surface area contributed by atoms with Crippen molar-refractivity contribution in [3.63, 3.8) is 0 Å². The minimum atomic E-state index is 0.380. The van der Waals surface area contributed by atoms with Crippen molar-refractivity contribution in [1.29, 1.82) is 0 Å². The molecule has 0 amide bonds. The molecule has 0 spiro atoms. The normalized spacial score (nSPS) is 12.4. The number of hydrogen-bond acceptors (Lipinski definition) is 3. The minimum Gasteiger partial charge on any atom is -0.457 e. The van der Waals surface area contributed by atoms with E-state index in [-0.39, 0.29) is 0 Å². The maximum Gasteiger partial charge on any atom is 0.127 e. The minimum absolute atomic E-state index is 0.380. The van der Waals surface area contributed by atoms with Crippen LogP contribution in [0.2, 0.25) is 0 Å². The van der Waals surface area contributed by atoms with Gasteiger partial charge < -0.3 is 16.2 Å². The summed E-state index contributed by atoms with van der Waals surface area (Å²) in [4.78, 5) is 0. The van der Waals surface area contributed by atoms with Crippen molar-refractivity contribution in [2.45, 2.75) is 13.3 Å². The lowest BCUT2D eigenvalue weighted by molar-refractivity contribution is 0.372. The van der Waals surface area contributed by atoms with Crippen molar-refractivity contribution in [2.75, 3.05) is 13.1 Å². The van der Waals surface area contributed by atoms with E-state index < -0.39 is 0 Å². The van der Waals surface area contributed by atoms with E-state index in [0.717, 1.165) is 17.9 Å². The number of nitrogens with two attached hydrogens (primary N) is 2. The molecule has 21 heavy (non-hydrogen) atoms. The molecule has 0 radical (unpaired) electrons. The summed E-state index contributed by atoms with van der Waals surface area (Å²) in [6.45, 7) is 3.50. The highest BCUT2D eigenvalue weighted by Crippen LogP contribution is 2.23. The fraction of sp³-hybridized carbons (Fsp3) is 0.333. The lowest BCUT2D eigenvalue weighted by Crippen LogP contribution is -2.30. The van der Waals surface area contributed by atoms with Gasteiger partial charge in [0.25, 0.3) is 0 Å². The van der Waals surface area contributed by atoms with E-state index in [1.165, 1.54) is 5.56 Å². The molecule has 112 valence electrons. The molecule has 2 rings (SSSR count). The summed E-state index contributed by atoms with van der Waals surface area (Å²) in [5, 5.41) is 0. The fourth-order valence-corrected chi connectivity index (χ4v) is 2.42. The summed E-state index contributed by atoms with van der Waals surface area (Å²) >= 11 is 0. The van der Waals surface area contributed by atoms with Gasteiger partial charge in [-0.1, -0.05) is 37.3 Å². The van der Waals surface area contributed by atoms with E-state index in [0.29, 0.717) is 24.9 Å². The van der Waals surface area contributed by atoms with Gasteiger partial charge in [0.05, 0.1) is 0 Å². The van der Waals surface area contributed by atoms with Crippen molar-refractivity contribution < 1.29 is 4.74 Å². The second-order valence-corrected chi connectivity index (χ2v) is 5.47. The fourth-order valence-electron chi connectivity index (χ4n) is 2.42. The first-order chi connectivity index (χ1) is 10.2. The predicted octanol–water partition coefficient (Wildman–Crippen LogP) is 3.19. The van der Waals surface area contributed by atoms with Crippen LogP contribution in [0, 0.1) is 11.8 Å². The van der Waals surface area contributed by atoms with Gasteiger partial charge >= 0.3 is 0 Å². The van der Waals surface area contributed by atoms with Gasteiger partial charge in [-0.15, -0.1) is 0 Å². The van der Waals surface area contributed by atoms with Gasteiger partial charge in [0.15, 0.2) is 0 Å². The smallest absolute Gasteiger partial charge is 0.127 e. The molecule has 0 bridgehead atoms. The Morgan fingerprint density at radius 2 is 1.43 bits per heavy atom. The van der Waals surface area contributed by atoms with E-state index in [4.69, 9.17) is 16.2 Å². The quantitative estimate of drug-likeness (QED) is 0.821. The van der Waals surface area contributed by atoms with Gasteiger partial charge in [0.2, 0.25) is 0 Å². The molecule has 0 aliphatic rings. The Kier molecular flexibility index (Phi) is 5.78. The third kappa shape index (κ3) is 4.59. The van der Waals surface area contributed by atoms with Gasteiger partial charge in [-0.25, -0.2) is 0 Å². The van der Waals surface area contributed by atoms with Gasteiger partial charge in [-0.3, -0.25) is 0 Å². The lowest BCUT2D eigenvalue weighted by Gasteiger charge is -2.20. The van der Waals surface area contributed by atoms with Gasteiger partial charge in [-0.2, -0.15) is 0 Å². The first-order valence-corrected chi connectivity index (χ1v) is 7.45. The summed E-state index contributed by atoms with van der Waals surface area (Å²) in [7, 11) is 0. The van der Waals surface area contributed by atoms with Gasteiger partial charge in [0, 0.05) is 0 Å². The molecule has 0 fully saturated rings. The Labute approximate surface area is 126 Å². The second kappa shape index (κ2) is 7.81. The van der Waals surface area contributed by atoms with Crippen LogP contribution in [-0.4, -0.2) is 13.1 Å². The Balaban J connectivity index is 1.96. The van der Waals surface area contributed by atoms with E-state index in [9.17, 15) is 0 Å². The molecular formula is C18H24N2O. The van der Waals surface area contributed by atoms with Crippen molar-refractivity contribution in [2.24, 2.45) is 23.3 Å². The van der Waals surface area contributed by atoms with Gasteiger partial charge in [0.1, 0.15) is 11.5 Å². The van der Waals surface area contributed by atoms with Crippen LogP contribution >= 0.6 is 0 Å². The maximum absolute atomic E-state index is 5.79. The summed E-state index contributed by atoms with van der Waals surface area (Å²) in [5.41, 5.74) is 12.8. The zero-order chi connectivity index (χ0) is 15.1. The van der Waals surface area contributed by atoms with Crippen LogP contribution in [0.25, 0.3) is 0 Å². The molecule has 0 aliphatic carbocycles. The van der Waals surface area contributed by atoms with Crippen LogP contribution in [0.3, 0.4) is 0 Å². The van der Waals surface area contributed by atoms with Crippen LogP contribution in [0.15, 0.2) is 54.6 Å². The van der Waals surface area contributed by atoms with Crippen LogP contribution in [0.5, 0.6) is 11.5 Å². The molecule has 3 nitrogen and oxygen atoms in total. The Bertz CT molecular complexity index is 521. The van der Waals surface area contributed by atoms with Crippen LogP contribution in [-0.2, 0) is 6.42 Å². The molecule has 0 heterocycles. The summed E-state index contributed by atoms with van der Waals surface area (Å²) in [5.74, 6) is 2.57. The molecule has 0 aliphatic heterocycles. The molecule has 1 atom stereocenters. The number of rotatable bonds is 7. The first-order valence-electron chi connectivity index (χ1n) is 7.45. The Morgan fingerprint density at radius 1 is 0.857 bits per heavy atom. The SMILES string of the molecule is CC(Cc1ccc(Oc2ccccc2)cc1)C(CN)CN. The van der Waals surface area contributed by atoms with E-state index in [1.54, 1.807) is 0 Å². The third-order valence-corrected chi connectivity index (χ3v) is 3.87. The van der Waals surface area contributed by atoms with E-state index in [2.05, 4.69) is 19.1 Å². The first kappa shape index (κ1) is 15.5. The standard InChI is InChI=1S/C18H24N2O/c1-14(16(12-19)13-20)11-15-7-9-18(10-8-15)21-17-5-3-2-4-6-17/h2-10,14,16H,11-13,19-20H2,1H3. The number of hydrogen-bond donors (Lipinski definition) is 2. The van der Waals surface area contributed by atoms with Crippen LogP contribution in [0.1, 0.15) is 12.5 Å². The largest absolute Gasteiger partial charge is 0.457 e. The van der Waals surface area contributed by atoms with Crippen molar-refractivity contribution >= 4 is 0 Å². The highest BCUT2D eigenvalue weighted by molar-refractivity contribution is 5.33. The Hall–Kier alpha value is -1.84. The molecule has 4 N–H and O–H groups in total. The molecule has 0 saturated carbocycles. The van der Waals surface area contributed by atoms with Crippen molar-refractivity contribution in [1.82, 2.24) is 0 Å². The van der Waals surface area contributed by atoms with E-state index in [1.807, 2.05) is 42.5 Å². The molecule has 2 aromatic carbocycles. The predicted molar refractivity (Wildman–Crippen MR) is 87.4 cm³/mol. The molecule has 0 aromatic heterocycles. The summed E-state index contributed by atoms with van der Waals surface area (Å²) < 4.78 is 5.79. The zero-order valence-electron chi connectivity index (χ0n) is 12.5. The monoisotopic (exact) mass is 284 g/mol. The average molecular weight is 284 g/mol. The molecule has 3 heteroatoms. The maximum atomic E-state index is 5.79. The summed E-state index contributed by atoms with van der Waals surface area (Å²) in [6, 6.07) is 18.0.